The lowest BCUT2D eigenvalue weighted by molar-refractivity contribution is -0.158. The van der Waals surface area contributed by atoms with Gasteiger partial charge in [-0.25, -0.2) is 9.37 Å². The molecule has 0 aliphatic heterocycles. The van der Waals surface area contributed by atoms with Gasteiger partial charge in [-0.15, -0.1) is 0 Å². The van der Waals surface area contributed by atoms with E-state index in [9.17, 15) is 31.9 Å². The molecule has 47 heavy (non-hydrogen) atoms. The fourth-order valence-corrected chi connectivity index (χ4v) is 5.47. The fourth-order valence-electron chi connectivity index (χ4n) is 5.47. The number of nitrogens with zero attached hydrogens (tertiary/aromatic N) is 1. The largest absolute Gasteiger partial charge is 0.493 e. The van der Waals surface area contributed by atoms with Crippen LogP contribution in [0.2, 0.25) is 0 Å². The molecule has 0 amide bonds. The highest BCUT2D eigenvalue weighted by Crippen LogP contribution is 2.34. The van der Waals surface area contributed by atoms with Crippen molar-refractivity contribution in [3.8, 4) is 11.5 Å². The Labute approximate surface area is 271 Å². The van der Waals surface area contributed by atoms with E-state index in [1.54, 1.807) is 19.1 Å². The van der Waals surface area contributed by atoms with E-state index in [0.29, 0.717) is 24.8 Å². The van der Waals surface area contributed by atoms with Gasteiger partial charge in [0.15, 0.2) is 17.2 Å². The van der Waals surface area contributed by atoms with Crippen molar-refractivity contribution in [2.75, 3.05) is 20.8 Å². The van der Waals surface area contributed by atoms with Crippen LogP contribution in [0.4, 0.5) is 17.6 Å². The number of pyridine rings is 1. The van der Waals surface area contributed by atoms with Gasteiger partial charge >= 0.3 is 18.1 Å². The van der Waals surface area contributed by atoms with Crippen LogP contribution in [0, 0.1) is 23.6 Å². The van der Waals surface area contributed by atoms with E-state index >= 15 is 0 Å². The Kier molecular flexibility index (Phi) is 13.4. The summed E-state index contributed by atoms with van der Waals surface area (Å²) in [5.41, 5.74) is 0.529. The molecule has 3 aromatic rings. The monoisotopic (exact) mass is 661 g/mol. The summed E-state index contributed by atoms with van der Waals surface area (Å²) in [5, 5.41) is 0. The highest BCUT2D eigenvalue weighted by molar-refractivity contribution is 6.00. The van der Waals surface area contributed by atoms with E-state index < -0.39 is 47.3 Å². The van der Waals surface area contributed by atoms with Gasteiger partial charge in [-0.3, -0.25) is 14.4 Å². The third-order valence-corrected chi connectivity index (χ3v) is 7.93. The molecule has 0 fully saturated rings. The van der Waals surface area contributed by atoms with Crippen molar-refractivity contribution in [3.05, 3.63) is 89.0 Å². The topological polar surface area (TPSA) is 101 Å². The van der Waals surface area contributed by atoms with E-state index in [2.05, 4.69) is 4.98 Å². The number of rotatable bonds is 16. The number of alkyl halides is 3. The average Bonchev–Trinajstić information content (AvgIpc) is 3.02. The minimum Gasteiger partial charge on any atom is -0.493 e. The van der Waals surface area contributed by atoms with Gasteiger partial charge in [0.1, 0.15) is 11.9 Å². The molecule has 0 spiro atoms. The van der Waals surface area contributed by atoms with Gasteiger partial charge in [0, 0.05) is 38.6 Å². The number of ether oxygens (including phenoxy) is 4. The van der Waals surface area contributed by atoms with Gasteiger partial charge in [0.2, 0.25) is 5.75 Å². The van der Waals surface area contributed by atoms with Crippen LogP contribution in [-0.2, 0) is 38.1 Å². The van der Waals surface area contributed by atoms with Crippen LogP contribution in [0.1, 0.15) is 60.8 Å². The van der Waals surface area contributed by atoms with Crippen molar-refractivity contribution < 1.29 is 50.9 Å². The zero-order chi connectivity index (χ0) is 34.7. The second kappa shape index (κ2) is 17.0. The predicted octanol–water partition coefficient (Wildman–Crippen LogP) is 7.07. The maximum atomic E-state index is 13.7. The van der Waals surface area contributed by atoms with Gasteiger partial charge in [-0.1, -0.05) is 37.6 Å². The van der Waals surface area contributed by atoms with Gasteiger partial charge in [-0.05, 0) is 61.1 Å². The van der Waals surface area contributed by atoms with Crippen LogP contribution >= 0.6 is 0 Å². The van der Waals surface area contributed by atoms with Crippen LogP contribution in [0.3, 0.4) is 0 Å². The molecule has 0 radical (unpaired) electrons. The molecule has 12 heteroatoms. The quantitative estimate of drug-likeness (QED) is 0.0914. The van der Waals surface area contributed by atoms with Gasteiger partial charge < -0.3 is 18.9 Å². The summed E-state index contributed by atoms with van der Waals surface area (Å²) in [6.45, 7) is 4.66. The van der Waals surface area contributed by atoms with Crippen LogP contribution in [0.5, 0.6) is 11.5 Å². The standard InChI is InChI=1S/C35H39F4NO7/c1-6-25(17-23-7-11-27(12-8-23)35(37,38)39)29(18-24-9-13-28(36)14-10-24)21(2)46-34(43)26(20-44-4)19-30(42)32-33(47-22(3)41)31(45-5)15-16-40-32/h7-16,21,25-26,29H,6,17-20H2,1-5H3/t21-,25+,26-,29-/m0/s1. The summed E-state index contributed by atoms with van der Waals surface area (Å²) in [6, 6.07) is 12.3. The molecule has 0 aliphatic carbocycles. The van der Waals surface area contributed by atoms with E-state index in [1.165, 1.54) is 50.7 Å². The van der Waals surface area contributed by atoms with E-state index in [1.807, 2.05) is 6.92 Å². The molecule has 2 aromatic carbocycles. The Bertz CT molecular complexity index is 1490. The highest BCUT2D eigenvalue weighted by atomic mass is 19.4. The molecular weight excluding hydrogens is 622 g/mol. The summed E-state index contributed by atoms with van der Waals surface area (Å²) in [6.07, 6.45) is -2.83. The summed E-state index contributed by atoms with van der Waals surface area (Å²) in [7, 11) is 2.71. The molecule has 254 valence electrons. The number of methoxy groups -OCH3 is 2. The smallest absolute Gasteiger partial charge is 0.416 e. The van der Waals surface area contributed by atoms with Gasteiger partial charge in [0.05, 0.1) is 25.2 Å². The molecule has 0 aliphatic rings. The Balaban J connectivity index is 1.85. The molecule has 1 heterocycles. The summed E-state index contributed by atoms with van der Waals surface area (Å²) in [5.74, 6) is -3.99. The molecule has 8 nitrogen and oxygen atoms in total. The van der Waals surface area contributed by atoms with Crippen molar-refractivity contribution in [1.82, 2.24) is 4.98 Å². The molecule has 0 saturated carbocycles. The Hall–Kier alpha value is -4.32. The normalized spacial score (nSPS) is 14.1. The Morgan fingerprint density at radius 1 is 0.915 bits per heavy atom. The molecule has 0 unspecified atom stereocenters. The Morgan fingerprint density at radius 2 is 1.53 bits per heavy atom. The van der Waals surface area contributed by atoms with E-state index in [0.717, 1.165) is 24.6 Å². The molecule has 1 aromatic heterocycles. The summed E-state index contributed by atoms with van der Waals surface area (Å²) < 4.78 is 74.7. The maximum absolute atomic E-state index is 13.7. The minimum absolute atomic E-state index is 0.111. The second-order valence-electron chi connectivity index (χ2n) is 11.3. The van der Waals surface area contributed by atoms with Crippen molar-refractivity contribution >= 4 is 17.7 Å². The molecule has 0 bridgehead atoms. The number of aromatic nitrogens is 1. The second-order valence-corrected chi connectivity index (χ2v) is 11.3. The van der Waals surface area contributed by atoms with Crippen molar-refractivity contribution in [1.29, 1.82) is 0 Å². The first-order valence-electron chi connectivity index (χ1n) is 15.1. The van der Waals surface area contributed by atoms with Crippen LogP contribution < -0.4 is 9.47 Å². The molecule has 0 N–H and O–H groups in total. The summed E-state index contributed by atoms with van der Waals surface area (Å²) >= 11 is 0. The lowest BCUT2D eigenvalue weighted by Gasteiger charge is -2.32. The van der Waals surface area contributed by atoms with Crippen LogP contribution in [0.25, 0.3) is 0 Å². The Morgan fingerprint density at radius 3 is 2.09 bits per heavy atom. The molecule has 3 rings (SSSR count). The SMILES string of the molecule is CC[C@H](Cc1ccc(C(F)(F)F)cc1)[C@@H](Cc1ccc(F)cc1)[C@H](C)OC(=O)[C@H](COC)CC(=O)c1nccc(OC)c1OC(C)=O. The van der Waals surface area contributed by atoms with Crippen LogP contribution in [-0.4, -0.2) is 49.6 Å². The maximum Gasteiger partial charge on any atom is 0.416 e. The number of hydrogen-bond donors (Lipinski definition) is 0. The first-order chi connectivity index (χ1) is 22.3. The number of esters is 2. The number of Topliss-reactive ketones (excluding diaryl/α,β-unsaturated/α-hetero) is 1. The van der Waals surface area contributed by atoms with Crippen molar-refractivity contribution in [2.24, 2.45) is 17.8 Å². The van der Waals surface area contributed by atoms with Crippen LogP contribution in [0.15, 0.2) is 60.8 Å². The van der Waals surface area contributed by atoms with Gasteiger partial charge in [-0.2, -0.15) is 13.2 Å². The van der Waals surface area contributed by atoms with E-state index in [4.69, 9.17) is 18.9 Å². The number of hydrogen-bond acceptors (Lipinski definition) is 8. The molecule has 0 saturated heterocycles. The van der Waals surface area contributed by atoms with Gasteiger partial charge in [0.25, 0.3) is 0 Å². The fraction of sp³-hybridized carbons (Fsp3) is 0.429. The molecule has 4 atom stereocenters. The predicted molar refractivity (Wildman–Crippen MR) is 164 cm³/mol. The zero-order valence-electron chi connectivity index (χ0n) is 26.9. The third kappa shape index (κ3) is 10.6. The third-order valence-electron chi connectivity index (χ3n) is 7.93. The van der Waals surface area contributed by atoms with Crippen molar-refractivity contribution in [3.63, 3.8) is 0 Å². The highest BCUT2D eigenvalue weighted by Gasteiger charge is 2.34. The number of ketones is 1. The summed E-state index contributed by atoms with van der Waals surface area (Å²) in [4.78, 5) is 42.7. The first-order valence-corrected chi connectivity index (χ1v) is 15.1. The number of halogens is 4. The zero-order valence-corrected chi connectivity index (χ0v) is 26.9. The lowest BCUT2D eigenvalue weighted by atomic mass is 9.78. The first kappa shape index (κ1) is 37.1. The van der Waals surface area contributed by atoms with Crippen molar-refractivity contribution in [2.45, 2.75) is 58.7 Å². The number of carbonyl (C=O) groups is 3. The minimum atomic E-state index is -4.46. The molecular formula is C35H39F4NO7. The average molecular weight is 662 g/mol. The number of carbonyl (C=O) groups excluding carboxylic acids is 3. The number of benzene rings is 2. The lowest BCUT2D eigenvalue weighted by Crippen LogP contribution is -2.36. The van der Waals surface area contributed by atoms with E-state index in [-0.39, 0.29) is 42.1 Å².